The first kappa shape index (κ1) is 21.9. The van der Waals surface area contributed by atoms with Crippen LogP contribution in [0.15, 0.2) is 53.4 Å². The van der Waals surface area contributed by atoms with Crippen LogP contribution < -0.4 is 20.9 Å². The Kier molecular flexibility index (Phi) is 6.18. The van der Waals surface area contributed by atoms with Crippen molar-refractivity contribution in [1.82, 2.24) is 16.0 Å². The molecule has 0 aromatic heterocycles. The number of nitrogens with zero attached hydrogens (tertiary/aromatic N) is 1. The topological polar surface area (TPSA) is 108 Å². The number of hydrogen-bond acceptors (Lipinski definition) is 5. The summed E-state index contributed by atoms with van der Waals surface area (Å²) in [5.74, 6) is -0.164. The molecule has 9 heteroatoms. The smallest absolute Gasteiger partial charge is 0.322 e. The lowest BCUT2D eigenvalue weighted by Crippen LogP contribution is -2.46. The van der Waals surface area contributed by atoms with E-state index in [-0.39, 0.29) is 17.7 Å². The number of thioether (sulfide) groups is 1. The van der Waals surface area contributed by atoms with Crippen LogP contribution in [0, 0.1) is 0 Å². The zero-order chi connectivity index (χ0) is 22.7. The van der Waals surface area contributed by atoms with E-state index in [1.165, 1.54) is 11.8 Å². The minimum atomic E-state index is -1.02. The van der Waals surface area contributed by atoms with E-state index >= 15 is 0 Å². The second-order valence-corrected chi connectivity index (χ2v) is 9.04. The number of hydrogen-bond donors (Lipinski definition) is 3. The molecule has 2 heterocycles. The molecule has 0 aliphatic carbocycles. The fraction of sp³-hybridized carbons (Fsp3) is 0.304. The van der Waals surface area contributed by atoms with E-state index in [0.717, 1.165) is 29.1 Å². The van der Waals surface area contributed by atoms with Crippen LogP contribution in [-0.4, -0.2) is 41.6 Å². The number of anilines is 1. The zero-order valence-electron chi connectivity index (χ0n) is 17.6. The van der Waals surface area contributed by atoms with Crippen molar-refractivity contribution in [3.63, 3.8) is 0 Å². The van der Waals surface area contributed by atoms with Crippen LogP contribution in [0.4, 0.5) is 10.5 Å². The number of nitrogens with one attached hydrogen (secondary N) is 3. The summed E-state index contributed by atoms with van der Waals surface area (Å²) in [6.07, 6.45) is 1.47. The van der Waals surface area contributed by atoms with Gasteiger partial charge in [0.25, 0.3) is 11.8 Å². The van der Waals surface area contributed by atoms with Gasteiger partial charge >= 0.3 is 6.03 Å². The van der Waals surface area contributed by atoms with Gasteiger partial charge in [0.05, 0.1) is 5.56 Å². The number of carbonyl (C=O) groups excluding carboxylic acids is 4. The molecule has 8 nitrogen and oxygen atoms in total. The van der Waals surface area contributed by atoms with Gasteiger partial charge in [-0.3, -0.25) is 19.7 Å². The zero-order valence-corrected chi connectivity index (χ0v) is 18.5. The highest BCUT2D eigenvalue weighted by Crippen LogP contribution is 2.28. The number of carbonyl (C=O) groups is 4. The van der Waals surface area contributed by atoms with Crippen LogP contribution >= 0.6 is 11.8 Å². The van der Waals surface area contributed by atoms with E-state index in [4.69, 9.17) is 0 Å². The molecule has 0 unspecified atom stereocenters. The molecular weight excluding hydrogens is 428 g/mol. The second-order valence-electron chi connectivity index (χ2n) is 8.02. The Hall–Kier alpha value is -3.33. The number of urea groups is 1. The highest BCUT2D eigenvalue weighted by molar-refractivity contribution is 7.99. The fourth-order valence-electron chi connectivity index (χ4n) is 3.68. The maximum atomic E-state index is 12.8. The van der Waals surface area contributed by atoms with E-state index in [0.29, 0.717) is 24.3 Å². The molecule has 0 bridgehead atoms. The van der Waals surface area contributed by atoms with Crippen molar-refractivity contribution in [3.05, 3.63) is 59.7 Å². The molecular formula is C23H24N4O4S. The third kappa shape index (κ3) is 4.62. The molecule has 166 valence electrons. The summed E-state index contributed by atoms with van der Waals surface area (Å²) in [6.45, 7) is 2.75. The molecule has 2 aliphatic rings. The number of imide groups is 1. The van der Waals surface area contributed by atoms with E-state index in [1.807, 2.05) is 36.4 Å². The van der Waals surface area contributed by atoms with Crippen molar-refractivity contribution < 1.29 is 19.2 Å². The molecule has 1 atom stereocenters. The minimum Gasteiger partial charge on any atom is -0.348 e. The molecule has 5 amide bonds. The van der Waals surface area contributed by atoms with Gasteiger partial charge in [0, 0.05) is 35.8 Å². The van der Waals surface area contributed by atoms with Crippen molar-refractivity contribution in [2.45, 2.75) is 36.7 Å². The van der Waals surface area contributed by atoms with Crippen LogP contribution in [0.3, 0.4) is 0 Å². The first-order valence-electron chi connectivity index (χ1n) is 10.4. The van der Waals surface area contributed by atoms with Gasteiger partial charge in [0.2, 0.25) is 5.91 Å². The summed E-state index contributed by atoms with van der Waals surface area (Å²) in [5.41, 5.74) is 1.28. The quantitative estimate of drug-likeness (QED) is 0.442. The Labute approximate surface area is 190 Å². The lowest BCUT2D eigenvalue weighted by molar-refractivity contribution is -0.122. The van der Waals surface area contributed by atoms with Gasteiger partial charge in [-0.25, -0.2) is 4.79 Å². The molecule has 2 aromatic rings. The molecule has 2 saturated heterocycles. The Morgan fingerprint density at radius 2 is 1.88 bits per heavy atom. The SMILES string of the molecule is C[C@]1(CSc2ccccc2C(=O)NCc2ccc(N3CCCC3=O)cc2)NC(=O)NC1=O. The molecule has 2 aliphatic heterocycles. The molecule has 0 spiro atoms. The largest absolute Gasteiger partial charge is 0.348 e. The second kappa shape index (κ2) is 9.04. The Bertz CT molecular complexity index is 1070. The average molecular weight is 453 g/mol. The number of amides is 5. The van der Waals surface area contributed by atoms with Crippen LogP contribution in [0.5, 0.6) is 0 Å². The highest BCUT2D eigenvalue weighted by Gasteiger charge is 2.41. The maximum absolute atomic E-state index is 12.8. The summed E-state index contributed by atoms with van der Waals surface area (Å²) in [5, 5.41) is 7.79. The molecule has 4 rings (SSSR count). The van der Waals surface area contributed by atoms with E-state index < -0.39 is 11.6 Å². The molecule has 2 fully saturated rings. The normalized spacial score (nSPS) is 20.3. The van der Waals surface area contributed by atoms with Crippen molar-refractivity contribution in [3.8, 4) is 0 Å². The van der Waals surface area contributed by atoms with E-state index in [1.54, 1.807) is 24.0 Å². The molecule has 0 saturated carbocycles. The van der Waals surface area contributed by atoms with Crippen LogP contribution in [0.25, 0.3) is 0 Å². The minimum absolute atomic E-state index is 0.142. The summed E-state index contributed by atoms with van der Waals surface area (Å²) in [7, 11) is 0. The lowest BCUT2D eigenvalue weighted by atomic mass is 10.1. The Morgan fingerprint density at radius 3 is 2.53 bits per heavy atom. The van der Waals surface area contributed by atoms with Gasteiger partial charge in [-0.2, -0.15) is 0 Å². The first-order chi connectivity index (χ1) is 15.4. The standard InChI is InChI=1S/C23H24N4O4S/c1-23(21(30)25-22(31)26-23)14-32-18-6-3-2-5-17(18)20(29)24-13-15-8-10-16(11-9-15)27-12-4-7-19(27)28/h2-3,5-6,8-11H,4,7,12-14H2,1H3,(H,24,29)(H2,25,26,30,31)/t23-/m1/s1. The first-order valence-corrected chi connectivity index (χ1v) is 11.4. The molecule has 32 heavy (non-hydrogen) atoms. The van der Waals surface area contributed by atoms with Crippen LogP contribution in [0.2, 0.25) is 0 Å². The lowest BCUT2D eigenvalue weighted by Gasteiger charge is -2.20. The van der Waals surface area contributed by atoms with Gasteiger partial charge in [0.1, 0.15) is 5.54 Å². The predicted octanol–water partition coefficient (Wildman–Crippen LogP) is 2.43. The van der Waals surface area contributed by atoms with Gasteiger partial charge in [-0.05, 0) is 43.2 Å². The van der Waals surface area contributed by atoms with Crippen LogP contribution in [0.1, 0.15) is 35.7 Å². The third-order valence-electron chi connectivity index (χ3n) is 5.54. The van der Waals surface area contributed by atoms with Crippen molar-refractivity contribution >= 4 is 41.2 Å². The number of rotatable bonds is 7. The van der Waals surface area contributed by atoms with Crippen molar-refractivity contribution in [2.24, 2.45) is 0 Å². The summed E-state index contributed by atoms with van der Waals surface area (Å²) in [4.78, 5) is 50.7. The van der Waals surface area contributed by atoms with E-state index in [9.17, 15) is 19.2 Å². The Morgan fingerprint density at radius 1 is 1.12 bits per heavy atom. The van der Waals surface area contributed by atoms with Gasteiger partial charge in [-0.1, -0.05) is 24.3 Å². The highest BCUT2D eigenvalue weighted by atomic mass is 32.2. The monoisotopic (exact) mass is 452 g/mol. The fourth-order valence-corrected chi connectivity index (χ4v) is 4.81. The predicted molar refractivity (Wildman–Crippen MR) is 121 cm³/mol. The molecule has 2 aromatic carbocycles. The summed E-state index contributed by atoms with van der Waals surface area (Å²) >= 11 is 1.34. The van der Waals surface area contributed by atoms with Gasteiger partial charge < -0.3 is 15.5 Å². The molecule has 0 radical (unpaired) electrons. The average Bonchev–Trinajstić information content (AvgIpc) is 3.33. The summed E-state index contributed by atoms with van der Waals surface area (Å²) in [6, 6.07) is 14.3. The summed E-state index contributed by atoms with van der Waals surface area (Å²) < 4.78 is 0. The number of benzene rings is 2. The molecule has 3 N–H and O–H groups in total. The van der Waals surface area contributed by atoms with Crippen molar-refractivity contribution in [2.75, 3.05) is 17.2 Å². The van der Waals surface area contributed by atoms with E-state index in [2.05, 4.69) is 16.0 Å². The maximum Gasteiger partial charge on any atom is 0.322 e. The third-order valence-corrected chi connectivity index (χ3v) is 6.93. The van der Waals surface area contributed by atoms with Gasteiger partial charge in [-0.15, -0.1) is 11.8 Å². The van der Waals surface area contributed by atoms with Crippen molar-refractivity contribution in [1.29, 1.82) is 0 Å². The van der Waals surface area contributed by atoms with Gasteiger partial charge in [0.15, 0.2) is 0 Å². The Balaban J connectivity index is 1.37. The van der Waals surface area contributed by atoms with Crippen LogP contribution in [-0.2, 0) is 16.1 Å².